The number of carbonyl (C=O) groups is 2. The highest BCUT2D eigenvalue weighted by atomic mass is 35.5. The van der Waals surface area contributed by atoms with E-state index in [1.165, 1.54) is 4.90 Å². The van der Waals surface area contributed by atoms with Gasteiger partial charge in [0.25, 0.3) is 5.91 Å². The normalized spacial score (nSPS) is 21.7. The van der Waals surface area contributed by atoms with Crippen LogP contribution < -0.4 is 0 Å². The fourth-order valence-electron chi connectivity index (χ4n) is 4.68. The maximum atomic E-state index is 13.5. The molecule has 0 bridgehead atoms. The summed E-state index contributed by atoms with van der Waals surface area (Å²) in [4.78, 5) is 33.5. The molecule has 29 heavy (non-hydrogen) atoms. The van der Waals surface area contributed by atoms with Gasteiger partial charge < -0.3 is 4.98 Å². The van der Waals surface area contributed by atoms with E-state index in [4.69, 9.17) is 11.6 Å². The number of fused-ring (bicyclic) bond motifs is 4. The summed E-state index contributed by atoms with van der Waals surface area (Å²) >= 11 is 6.11. The van der Waals surface area contributed by atoms with Crippen LogP contribution in [0.25, 0.3) is 10.9 Å². The summed E-state index contributed by atoms with van der Waals surface area (Å²) in [6, 6.07) is 14.5. The lowest BCUT2D eigenvalue weighted by atomic mass is 9.89. The summed E-state index contributed by atoms with van der Waals surface area (Å²) in [6.45, 7) is 5.69. The lowest BCUT2D eigenvalue weighted by molar-refractivity contribution is -0.131. The Hall–Kier alpha value is -2.79. The van der Waals surface area contributed by atoms with Gasteiger partial charge >= 0.3 is 6.03 Å². The molecule has 6 heteroatoms. The lowest BCUT2D eigenvalue weighted by Gasteiger charge is -2.36. The van der Waals surface area contributed by atoms with Crippen molar-refractivity contribution < 1.29 is 9.59 Å². The Morgan fingerprint density at radius 3 is 2.41 bits per heavy atom. The van der Waals surface area contributed by atoms with E-state index in [0.29, 0.717) is 11.4 Å². The molecule has 0 saturated carbocycles. The van der Waals surface area contributed by atoms with Gasteiger partial charge in [-0.15, -0.1) is 0 Å². The van der Waals surface area contributed by atoms with Crippen LogP contribution in [0.5, 0.6) is 0 Å². The minimum atomic E-state index is -0.578. The second-order valence-corrected chi connectivity index (χ2v) is 9.21. The maximum absolute atomic E-state index is 13.5. The van der Waals surface area contributed by atoms with Crippen LogP contribution in [-0.2, 0) is 11.2 Å². The quantitative estimate of drug-likeness (QED) is 0.583. The van der Waals surface area contributed by atoms with Gasteiger partial charge in [-0.05, 0) is 50.1 Å². The zero-order valence-electron chi connectivity index (χ0n) is 16.6. The number of rotatable bonds is 1. The van der Waals surface area contributed by atoms with Gasteiger partial charge in [-0.25, -0.2) is 4.79 Å². The van der Waals surface area contributed by atoms with Gasteiger partial charge in [0.1, 0.15) is 12.1 Å². The van der Waals surface area contributed by atoms with Crippen LogP contribution in [0.3, 0.4) is 0 Å². The average molecular weight is 408 g/mol. The molecule has 5 nitrogen and oxygen atoms in total. The highest BCUT2D eigenvalue weighted by Gasteiger charge is 2.55. The fourth-order valence-corrected chi connectivity index (χ4v) is 4.81. The van der Waals surface area contributed by atoms with E-state index >= 15 is 0 Å². The van der Waals surface area contributed by atoms with E-state index in [9.17, 15) is 9.59 Å². The summed E-state index contributed by atoms with van der Waals surface area (Å²) < 4.78 is 0. The largest absolute Gasteiger partial charge is 0.356 e. The van der Waals surface area contributed by atoms with Gasteiger partial charge in [0.15, 0.2) is 0 Å². The number of aromatic nitrogens is 1. The zero-order chi connectivity index (χ0) is 20.5. The van der Waals surface area contributed by atoms with Crippen molar-refractivity contribution in [2.45, 2.75) is 44.8 Å². The fraction of sp³-hybridized carbons (Fsp3) is 0.304. The smallest absolute Gasteiger partial charge is 0.328 e. The average Bonchev–Trinajstić information content (AvgIpc) is 3.16. The Labute approximate surface area is 174 Å². The van der Waals surface area contributed by atoms with Gasteiger partial charge in [-0.2, -0.15) is 0 Å². The molecule has 0 aliphatic carbocycles. The summed E-state index contributed by atoms with van der Waals surface area (Å²) in [5.41, 5.74) is 3.46. The van der Waals surface area contributed by atoms with Crippen molar-refractivity contribution in [2.75, 3.05) is 0 Å². The number of hydrogen-bond acceptors (Lipinski definition) is 2. The molecule has 5 rings (SSSR count). The number of urea groups is 1. The van der Waals surface area contributed by atoms with Crippen LogP contribution in [0.2, 0.25) is 5.02 Å². The SMILES string of the molecule is CC(C)(C)N1C(=O)[C@@H]2Cc3c([nH]c4ccccc34)[C@H](c3ccc(Cl)cc3)N2C1=O. The van der Waals surface area contributed by atoms with Crippen LogP contribution in [0.15, 0.2) is 48.5 Å². The van der Waals surface area contributed by atoms with Gasteiger partial charge in [0.2, 0.25) is 0 Å². The molecule has 2 atom stereocenters. The van der Waals surface area contributed by atoms with Crippen molar-refractivity contribution in [3.05, 3.63) is 70.4 Å². The lowest BCUT2D eigenvalue weighted by Crippen LogP contribution is -2.46. The zero-order valence-corrected chi connectivity index (χ0v) is 17.3. The Balaban J connectivity index is 1.74. The molecule has 3 amide bonds. The molecule has 2 aliphatic heterocycles. The molecule has 1 fully saturated rings. The van der Waals surface area contributed by atoms with E-state index < -0.39 is 11.6 Å². The van der Waals surface area contributed by atoms with Crippen molar-refractivity contribution in [3.8, 4) is 0 Å². The second kappa shape index (κ2) is 6.10. The minimum absolute atomic E-state index is 0.127. The number of para-hydroxylation sites is 1. The molecular weight excluding hydrogens is 386 g/mol. The molecule has 3 aromatic rings. The predicted molar refractivity (Wildman–Crippen MR) is 113 cm³/mol. The number of nitrogens with zero attached hydrogens (tertiary/aromatic N) is 2. The predicted octanol–water partition coefficient (Wildman–Crippen LogP) is 4.90. The van der Waals surface area contributed by atoms with Crippen LogP contribution in [0.4, 0.5) is 4.79 Å². The molecule has 1 aromatic heterocycles. The summed E-state index contributed by atoms with van der Waals surface area (Å²) in [5.74, 6) is -0.127. The highest BCUT2D eigenvalue weighted by Crippen LogP contribution is 2.45. The van der Waals surface area contributed by atoms with Crippen molar-refractivity contribution in [1.82, 2.24) is 14.8 Å². The molecule has 1 N–H and O–H groups in total. The van der Waals surface area contributed by atoms with Crippen LogP contribution in [0.1, 0.15) is 43.6 Å². The highest BCUT2D eigenvalue weighted by molar-refractivity contribution is 6.30. The van der Waals surface area contributed by atoms with Crippen molar-refractivity contribution in [1.29, 1.82) is 0 Å². The maximum Gasteiger partial charge on any atom is 0.328 e. The molecule has 2 aromatic carbocycles. The van der Waals surface area contributed by atoms with Crippen molar-refractivity contribution in [3.63, 3.8) is 0 Å². The summed E-state index contributed by atoms with van der Waals surface area (Å²) in [7, 11) is 0. The third kappa shape index (κ3) is 2.60. The van der Waals surface area contributed by atoms with Gasteiger partial charge in [0.05, 0.1) is 0 Å². The summed E-state index contributed by atoms with van der Waals surface area (Å²) in [6.07, 6.45) is 0.514. The molecular formula is C23H22ClN3O2. The third-order valence-electron chi connectivity index (χ3n) is 5.91. The van der Waals surface area contributed by atoms with Crippen molar-refractivity contribution >= 4 is 34.4 Å². The first-order chi connectivity index (χ1) is 13.8. The van der Waals surface area contributed by atoms with Crippen LogP contribution >= 0.6 is 11.6 Å². The first kappa shape index (κ1) is 18.3. The topological polar surface area (TPSA) is 56.4 Å². The number of amides is 3. The number of hydrogen-bond donors (Lipinski definition) is 1. The minimum Gasteiger partial charge on any atom is -0.356 e. The molecule has 148 valence electrons. The van der Waals surface area contributed by atoms with E-state index in [2.05, 4.69) is 11.1 Å². The summed E-state index contributed by atoms with van der Waals surface area (Å²) in [5, 5.41) is 1.74. The standard InChI is InChI=1S/C23H22ClN3O2/c1-23(2,3)27-21(28)18-12-16-15-6-4-5-7-17(15)25-19(16)20(26(18)22(27)29)13-8-10-14(24)11-9-13/h4-11,18,20,25H,12H2,1-3H3/t18-,20-/m0/s1. The molecule has 3 heterocycles. The second-order valence-electron chi connectivity index (χ2n) is 8.77. The monoisotopic (exact) mass is 407 g/mol. The molecule has 0 radical (unpaired) electrons. The first-order valence-electron chi connectivity index (χ1n) is 9.78. The Morgan fingerprint density at radius 2 is 1.72 bits per heavy atom. The van der Waals surface area contributed by atoms with Gasteiger partial charge in [0, 0.05) is 33.6 Å². The van der Waals surface area contributed by atoms with E-state index in [-0.39, 0.29) is 18.0 Å². The number of aromatic amines is 1. The van der Waals surface area contributed by atoms with E-state index in [0.717, 1.165) is 27.7 Å². The first-order valence-corrected chi connectivity index (χ1v) is 10.2. The molecule has 2 aliphatic rings. The van der Waals surface area contributed by atoms with E-state index in [1.807, 2.05) is 63.2 Å². The molecule has 0 spiro atoms. The van der Waals surface area contributed by atoms with E-state index in [1.54, 1.807) is 4.90 Å². The third-order valence-corrected chi connectivity index (χ3v) is 6.16. The number of nitrogens with one attached hydrogen (secondary N) is 1. The number of halogens is 1. The number of carbonyl (C=O) groups excluding carboxylic acids is 2. The Morgan fingerprint density at radius 1 is 1.03 bits per heavy atom. The van der Waals surface area contributed by atoms with Gasteiger partial charge in [-0.3, -0.25) is 14.6 Å². The number of H-pyrrole nitrogens is 1. The van der Waals surface area contributed by atoms with Crippen LogP contribution in [0, 0.1) is 0 Å². The number of benzene rings is 2. The van der Waals surface area contributed by atoms with Crippen LogP contribution in [-0.4, -0.2) is 38.3 Å². The Kier molecular flexibility index (Phi) is 3.84. The Bertz CT molecular complexity index is 1140. The van der Waals surface area contributed by atoms with Crippen molar-refractivity contribution in [2.24, 2.45) is 0 Å². The number of imide groups is 1. The van der Waals surface area contributed by atoms with Gasteiger partial charge in [-0.1, -0.05) is 41.9 Å². The molecule has 1 saturated heterocycles. The molecule has 0 unspecified atom stereocenters.